The minimum atomic E-state index is -3.11. The van der Waals surface area contributed by atoms with Gasteiger partial charge in [-0.25, -0.2) is 8.42 Å². The molecule has 23 heavy (non-hydrogen) atoms. The third-order valence-electron chi connectivity index (χ3n) is 4.71. The molecule has 2 saturated heterocycles. The van der Waals surface area contributed by atoms with Crippen LogP contribution < -0.4 is 10.6 Å². The molecule has 0 amide bonds. The molecule has 0 spiro atoms. The highest BCUT2D eigenvalue weighted by atomic mass is 32.2. The standard InChI is InChI=1S/C17H26N2O2S2/c1-23(20,21)15-9-7-13(8-10-15)16-5-2-6-17(19-16)18-12-14-4-3-11-22-14/h7-10,14,16-19H,2-6,11-12H2,1H3. The zero-order valence-electron chi connectivity index (χ0n) is 13.6. The summed E-state index contributed by atoms with van der Waals surface area (Å²) in [6.45, 7) is 1.09. The van der Waals surface area contributed by atoms with E-state index >= 15 is 0 Å². The fourth-order valence-corrected chi connectivity index (χ4v) is 5.23. The molecule has 128 valence electrons. The Morgan fingerprint density at radius 3 is 2.61 bits per heavy atom. The topological polar surface area (TPSA) is 58.2 Å². The van der Waals surface area contributed by atoms with Crippen molar-refractivity contribution < 1.29 is 8.42 Å². The molecule has 0 bridgehead atoms. The first kappa shape index (κ1) is 17.3. The Balaban J connectivity index is 1.57. The lowest BCUT2D eigenvalue weighted by molar-refractivity contribution is 0.284. The van der Waals surface area contributed by atoms with Crippen LogP contribution in [0.5, 0.6) is 0 Å². The number of sulfone groups is 1. The van der Waals surface area contributed by atoms with E-state index in [9.17, 15) is 8.42 Å². The normalized spacial score (nSPS) is 28.8. The van der Waals surface area contributed by atoms with Crippen LogP contribution in [0.25, 0.3) is 0 Å². The smallest absolute Gasteiger partial charge is 0.175 e. The lowest BCUT2D eigenvalue weighted by Gasteiger charge is -2.32. The number of rotatable bonds is 5. The number of thioether (sulfide) groups is 1. The summed E-state index contributed by atoms with van der Waals surface area (Å²) in [4.78, 5) is 0.394. The third-order valence-corrected chi connectivity index (χ3v) is 7.24. The first-order valence-corrected chi connectivity index (χ1v) is 11.4. The molecular formula is C17H26N2O2S2. The molecule has 0 saturated carbocycles. The minimum Gasteiger partial charge on any atom is -0.301 e. The first-order valence-electron chi connectivity index (χ1n) is 8.43. The molecule has 4 nitrogen and oxygen atoms in total. The van der Waals surface area contributed by atoms with Gasteiger partial charge < -0.3 is 5.32 Å². The van der Waals surface area contributed by atoms with E-state index in [-0.39, 0.29) is 0 Å². The van der Waals surface area contributed by atoms with Crippen molar-refractivity contribution >= 4 is 21.6 Å². The average Bonchev–Trinajstić information content (AvgIpc) is 3.06. The number of piperidine rings is 1. The molecule has 2 N–H and O–H groups in total. The summed E-state index contributed by atoms with van der Waals surface area (Å²) in [5.74, 6) is 1.31. The zero-order valence-corrected chi connectivity index (χ0v) is 15.3. The highest BCUT2D eigenvalue weighted by Crippen LogP contribution is 2.28. The summed E-state index contributed by atoms with van der Waals surface area (Å²) in [7, 11) is -3.11. The van der Waals surface area contributed by atoms with Crippen LogP contribution in [0.3, 0.4) is 0 Å². The van der Waals surface area contributed by atoms with Crippen molar-refractivity contribution in [3.05, 3.63) is 29.8 Å². The van der Waals surface area contributed by atoms with E-state index in [1.54, 1.807) is 12.1 Å². The molecular weight excluding hydrogens is 328 g/mol. The summed E-state index contributed by atoms with van der Waals surface area (Å²) in [6.07, 6.45) is 7.77. The predicted octanol–water partition coefficient (Wildman–Crippen LogP) is 2.72. The van der Waals surface area contributed by atoms with Crippen LogP contribution in [0.4, 0.5) is 0 Å². The molecule has 0 aromatic heterocycles. The van der Waals surface area contributed by atoms with Crippen LogP contribution in [0.15, 0.2) is 29.2 Å². The Morgan fingerprint density at radius 1 is 1.17 bits per heavy atom. The van der Waals surface area contributed by atoms with Crippen LogP contribution in [-0.4, -0.2) is 38.4 Å². The molecule has 3 unspecified atom stereocenters. The summed E-state index contributed by atoms with van der Waals surface area (Å²) in [6, 6.07) is 7.65. The lowest BCUT2D eigenvalue weighted by atomic mass is 9.96. The molecule has 6 heteroatoms. The van der Waals surface area contributed by atoms with Gasteiger partial charge in [-0.2, -0.15) is 11.8 Å². The fraction of sp³-hybridized carbons (Fsp3) is 0.647. The van der Waals surface area contributed by atoms with Crippen molar-refractivity contribution in [2.75, 3.05) is 18.6 Å². The summed E-state index contributed by atoms with van der Waals surface area (Å²) in [5.41, 5.74) is 1.18. The van der Waals surface area contributed by atoms with Gasteiger partial charge in [0.15, 0.2) is 9.84 Å². The Hall–Kier alpha value is -0.560. The van der Waals surface area contributed by atoms with E-state index in [0.29, 0.717) is 17.1 Å². The Morgan fingerprint density at radius 2 is 1.96 bits per heavy atom. The van der Waals surface area contributed by atoms with Gasteiger partial charge in [0.2, 0.25) is 0 Å². The van der Waals surface area contributed by atoms with E-state index in [4.69, 9.17) is 0 Å². The van der Waals surface area contributed by atoms with Gasteiger partial charge in [0.05, 0.1) is 11.1 Å². The second-order valence-corrected chi connectivity index (χ2v) is 10.0. The SMILES string of the molecule is CS(=O)(=O)c1ccc(C2CCCC(NCC3CCCS3)N2)cc1. The first-order chi connectivity index (χ1) is 11.0. The van der Waals surface area contributed by atoms with Crippen molar-refractivity contribution in [3.63, 3.8) is 0 Å². The molecule has 1 aromatic carbocycles. The molecule has 2 aliphatic heterocycles. The van der Waals surface area contributed by atoms with Gasteiger partial charge in [-0.05, 0) is 55.6 Å². The fourth-order valence-electron chi connectivity index (χ4n) is 3.39. The number of hydrogen-bond acceptors (Lipinski definition) is 5. The monoisotopic (exact) mass is 354 g/mol. The van der Waals surface area contributed by atoms with Crippen LogP contribution in [0, 0.1) is 0 Å². The minimum absolute atomic E-state index is 0.311. The second-order valence-electron chi connectivity index (χ2n) is 6.59. The van der Waals surface area contributed by atoms with Gasteiger partial charge in [0.25, 0.3) is 0 Å². The quantitative estimate of drug-likeness (QED) is 0.851. The van der Waals surface area contributed by atoms with Crippen LogP contribution >= 0.6 is 11.8 Å². The van der Waals surface area contributed by atoms with E-state index in [1.165, 1.54) is 36.8 Å². The molecule has 0 aliphatic carbocycles. The van der Waals surface area contributed by atoms with E-state index in [0.717, 1.165) is 24.6 Å². The van der Waals surface area contributed by atoms with Gasteiger partial charge in [-0.1, -0.05) is 12.1 Å². The Kier molecular flexibility index (Phi) is 5.67. The highest BCUT2D eigenvalue weighted by molar-refractivity contribution is 8.00. The van der Waals surface area contributed by atoms with E-state index in [2.05, 4.69) is 22.4 Å². The molecule has 3 rings (SSSR count). The largest absolute Gasteiger partial charge is 0.301 e. The maximum atomic E-state index is 11.6. The van der Waals surface area contributed by atoms with Crippen LogP contribution in [0.1, 0.15) is 43.7 Å². The summed E-state index contributed by atoms with van der Waals surface area (Å²) < 4.78 is 23.1. The molecule has 2 heterocycles. The van der Waals surface area contributed by atoms with Gasteiger partial charge in [0.1, 0.15) is 0 Å². The number of hydrogen-bond donors (Lipinski definition) is 2. The molecule has 2 aliphatic rings. The Labute approximate surface area is 143 Å². The maximum absolute atomic E-state index is 11.6. The van der Waals surface area contributed by atoms with E-state index in [1.807, 2.05) is 12.1 Å². The lowest BCUT2D eigenvalue weighted by Crippen LogP contribution is -2.48. The molecule has 3 atom stereocenters. The maximum Gasteiger partial charge on any atom is 0.175 e. The van der Waals surface area contributed by atoms with Crippen molar-refractivity contribution in [2.45, 2.75) is 54.5 Å². The Bertz CT molecular complexity index is 610. The zero-order chi connectivity index (χ0) is 16.3. The van der Waals surface area contributed by atoms with Crippen molar-refractivity contribution in [3.8, 4) is 0 Å². The van der Waals surface area contributed by atoms with E-state index < -0.39 is 9.84 Å². The average molecular weight is 355 g/mol. The highest BCUT2D eigenvalue weighted by Gasteiger charge is 2.24. The van der Waals surface area contributed by atoms with Gasteiger partial charge in [-0.15, -0.1) is 0 Å². The van der Waals surface area contributed by atoms with Crippen molar-refractivity contribution in [1.82, 2.24) is 10.6 Å². The van der Waals surface area contributed by atoms with Crippen LogP contribution in [-0.2, 0) is 9.84 Å². The second kappa shape index (κ2) is 7.55. The molecule has 2 fully saturated rings. The predicted molar refractivity (Wildman–Crippen MR) is 96.6 cm³/mol. The van der Waals surface area contributed by atoms with Crippen molar-refractivity contribution in [2.24, 2.45) is 0 Å². The van der Waals surface area contributed by atoms with Crippen LogP contribution in [0.2, 0.25) is 0 Å². The summed E-state index contributed by atoms with van der Waals surface area (Å²) in [5, 5.41) is 8.12. The molecule has 1 aromatic rings. The van der Waals surface area contributed by atoms with Gasteiger partial charge >= 0.3 is 0 Å². The number of nitrogens with one attached hydrogen (secondary N) is 2. The van der Waals surface area contributed by atoms with Crippen molar-refractivity contribution in [1.29, 1.82) is 0 Å². The van der Waals surface area contributed by atoms with Gasteiger partial charge in [0, 0.05) is 24.1 Å². The molecule has 0 radical (unpaired) electrons. The third kappa shape index (κ3) is 4.72. The number of benzene rings is 1. The van der Waals surface area contributed by atoms with Gasteiger partial charge in [-0.3, -0.25) is 5.32 Å². The summed E-state index contributed by atoms with van der Waals surface area (Å²) >= 11 is 2.08.